The minimum absolute atomic E-state index is 0.0709. The van der Waals surface area contributed by atoms with Crippen LogP contribution in [-0.2, 0) is 4.79 Å². The second-order valence-electron chi connectivity index (χ2n) is 5.38. The van der Waals surface area contributed by atoms with Gasteiger partial charge in [0.25, 0.3) is 5.91 Å². The first-order valence-electron chi connectivity index (χ1n) is 7.35. The van der Waals surface area contributed by atoms with Crippen LogP contribution in [0, 0.1) is 0 Å². The summed E-state index contributed by atoms with van der Waals surface area (Å²) in [5.74, 6) is 0.0147. The van der Waals surface area contributed by atoms with Gasteiger partial charge in [0.2, 0.25) is 5.91 Å². The number of amides is 2. The summed E-state index contributed by atoms with van der Waals surface area (Å²) in [7, 11) is 0. The van der Waals surface area contributed by atoms with Gasteiger partial charge in [-0.2, -0.15) is 0 Å². The summed E-state index contributed by atoms with van der Waals surface area (Å²) in [6.45, 7) is 4.82. The second-order valence-corrected chi connectivity index (χ2v) is 5.38. The van der Waals surface area contributed by atoms with Crippen molar-refractivity contribution in [3.05, 3.63) is 35.4 Å². The monoisotopic (exact) mass is 292 g/mol. The lowest BCUT2D eigenvalue weighted by molar-refractivity contribution is -0.129. The zero-order valence-electron chi connectivity index (χ0n) is 12.7. The summed E-state index contributed by atoms with van der Waals surface area (Å²) in [5, 5.41) is 11.2. The van der Waals surface area contributed by atoms with Gasteiger partial charge in [0, 0.05) is 18.5 Å². The van der Waals surface area contributed by atoms with Crippen molar-refractivity contribution in [3.63, 3.8) is 0 Å². The topological polar surface area (TPSA) is 78.4 Å². The Morgan fingerprint density at radius 3 is 2.33 bits per heavy atom. The standard InChI is InChI=1S/C16H24N2O3/c1-12(2)13-7-9-14(10-8-13)16(20)17-11-5-3-4-6-15(19)18-21/h7-10,12,21H,3-6,11H2,1-2H3,(H,17,20)(H,18,19). The first-order valence-corrected chi connectivity index (χ1v) is 7.35. The number of hydrogen-bond donors (Lipinski definition) is 3. The first kappa shape index (κ1) is 17.2. The van der Waals surface area contributed by atoms with Crippen LogP contribution in [0.25, 0.3) is 0 Å². The maximum atomic E-state index is 11.9. The molecule has 3 N–H and O–H groups in total. The van der Waals surface area contributed by atoms with Gasteiger partial charge < -0.3 is 5.32 Å². The highest BCUT2D eigenvalue weighted by molar-refractivity contribution is 5.94. The van der Waals surface area contributed by atoms with Crippen molar-refractivity contribution in [1.82, 2.24) is 10.8 Å². The number of benzene rings is 1. The molecule has 0 aliphatic carbocycles. The Balaban J connectivity index is 2.23. The molecular formula is C16H24N2O3. The van der Waals surface area contributed by atoms with Crippen molar-refractivity contribution in [2.45, 2.75) is 45.4 Å². The quantitative estimate of drug-likeness (QED) is 0.391. The summed E-state index contributed by atoms with van der Waals surface area (Å²) in [5.41, 5.74) is 3.48. The van der Waals surface area contributed by atoms with Crippen LogP contribution in [0.5, 0.6) is 0 Å². The maximum Gasteiger partial charge on any atom is 0.251 e. The SMILES string of the molecule is CC(C)c1ccc(C(=O)NCCCCCC(=O)NO)cc1. The summed E-state index contributed by atoms with van der Waals surface area (Å²) >= 11 is 0. The third-order valence-corrected chi connectivity index (χ3v) is 3.33. The number of rotatable bonds is 8. The van der Waals surface area contributed by atoms with E-state index in [-0.39, 0.29) is 11.8 Å². The van der Waals surface area contributed by atoms with Crippen molar-refractivity contribution in [2.75, 3.05) is 6.54 Å². The lowest BCUT2D eigenvalue weighted by Gasteiger charge is -2.08. The van der Waals surface area contributed by atoms with Gasteiger partial charge in [-0.3, -0.25) is 14.8 Å². The fourth-order valence-electron chi connectivity index (χ4n) is 1.97. The average Bonchev–Trinajstić information content (AvgIpc) is 2.50. The van der Waals surface area contributed by atoms with Gasteiger partial charge in [-0.05, 0) is 36.5 Å². The molecule has 0 heterocycles. The zero-order chi connectivity index (χ0) is 15.7. The molecule has 5 heteroatoms. The summed E-state index contributed by atoms with van der Waals surface area (Å²) < 4.78 is 0. The molecule has 0 aromatic heterocycles. The summed E-state index contributed by atoms with van der Waals surface area (Å²) in [6, 6.07) is 7.65. The molecule has 1 aromatic rings. The molecule has 21 heavy (non-hydrogen) atoms. The highest BCUT2D eigenvalue weighted by atomic mass is 16.5. The molecule has 1 rings (SSSR count). The van der Waals surface area contributed by atoms with Crippen LogP contribution in [0.1, 0.15) is 61.4 Å². The summed E-state index contributed by atoms with van der Waals surface area (Å²) in [4.78, 5) is 22.7. The van der Waals surface area contributed by atoms with Crippen LogP contribution in [0.4, 0.5) is 0 Å². The van der Waals surface area contributed by atoms with Crippen molar-refractivity contribution < 1.29 is 14.8 Å². The van der Waals surface area contributed by atoms with E-state index in [1.807, 2.05) is 24.3 Å². The van der Waals surface area contributed by atoms with Gasteiger partial charge >= 0.3 is 0 Å². The Morgan fingerprint density at radius 2 is 1.76 bits per heavy atom. The molecule has 0 aliphatic heterocycles. The Hall–Kier alpha value is -1.88. The lowest BCUT2D eigenvalue weighted by atomic mass is 10.0. The third-order valence-electron chi connectivity index (χ3n) is 3.33. The molecule has 116 valence electrons. The predicted molar refractivity (Wildman–Crippen MR) is 81.3 cm³/mol. The van der Waals surface area contributed by atoms with Crippen molar-refractivity contribution in [2.24, 2.45) is 0 Å². The molecule has 1 aromatic carbocycles. The van der Waals surface area contributed by atoms with E-state index >= 15 is 0 Å². The molecule has 0 saturated heterocycles. The maximum absolute atomic E-state index is 11.9. The number of unbranched alkanes of at least 4 members (excludes halogenated alkanes) is 2. The van der Waals surface area contributed by atoms with Crippen LogP contribution in [0.2, 0.25) is 0 Å². The van der Waals surface area contributed by atoms with Crippen LogP contribution in [0.3, 0.4) is 0 Å². The van der Waals surface area contributed by atoms with Crippen LogP contribution >= 0.6 is 0 Å². The van der Waals surface area contributed by atoms with Crippen molar-refractivity contribution in [3.8, 4) is 0 Å². The zero-order valence-corrected chi connectivity index (χ0v) is 12.7. The largest absolute Gasteiger partial charge is 0.352 e. The van der Waals surface area contributed by atoms with Crippen LogP contribution in [0.15, 0.2) is 24.3 Å². The average molecular weight is 292 g/mol. The molecule has 0 atom stereocenters. The molecule has 0 unspecified atom stereocenters. The second kappa shape index (κ2) is 9.13. The molecule has 0 spiro atoms. The smallest absolute Gasteiger partial charge is 0.251 e. The van der Waals surface area contributed by atoms with Gasteiger partial charge in [0.05, 0.1) is 0 Å². The molecule has 0 bridgehead atoms. The molecule has 0 aliphatic rings. The fraction of sp³-hybridized carbons (Fsp3) is 0.500. The van der Waals surface area contributed by atoms with Crippen molar-refractivity contribution >= 4 is 11.8 Å². The molecular weight excluding hydrogens is 268 g/mol. The molecule has 0 radical (unpaired) electrons. The highest BCUT2D eigenvalue weighted by Crippen LogP contribution is 2.14. The van der Waals surface area contributed by atoms with Gasteiger partial charge in [-0.1, -0.05) is 32.4 Å². The van der Waals surface area contributed by atoms with E-state index in [1.54, 1.807) is 5.48 Å². The molecule has 0 saturated carbocycles. The van der Waals surface area contributed by atoms with Crippen LogP contribution in [-0.4, -0.2) is 23.6 Å². The Labute approximate surface area is 125 Å². The Bertz CT molecular complexity index is 455. The fourth-order valence-corrected chi connectivity index (χ4v) is 1.97. The Morgan fingerprint density at radius 1 is 1.10 bits per heavy atom. The summed E-state index contributed by atoms with van der Waals surface area (Å²) in [6.07, 6.45) is 2.65. The molecule has 2 amide bonds. The van der Waals surface area contributed by atoms with Gasteiger partial charge in [0.15, 0.2) is 0 Å². The van der Waals surface area contributed by atoms with Gasteiger partial charge in [-0.25, -0.2) is 5.48 Å². The lowest BCUT2D eigenvalue weighted by Crippen LogP contribution is -2.24. The first-order chi connectivity index (χ1) is 10.0. The number of nitrogens with one attached hydrogen (secondary N) is 2. The van der Waals surface area contributed by atoms with E-state index in [9.17, 15) is 9.59 Å². The number of hydroxylamine groups is 1. The molecule has 5 nitrogen and oxygen atoms in total. The number of hydrogen-bond acceptors (Lipinski definition) is 3. The van der Waals surface area contributed by atoms with Crippen molar-refractivity contribution in [1.29, 1.82) is 0 Å². The number of carbonyl (C=O) groups excluding carboxylic acids is 2. The Kier molecular flexibility index (Phi) is 7.46. The normalized spacial score (nSPS) is 10.5. The highest BCUT2D eigenvalue weighted by Gasteiger charge is 2.06. The predicted octanol–water partition coefficient (Wildman–Crippen LogP) is 2.61. The van der Waals surface area contributed by atoms with E-state index in [2.05, 4.69) is 19.2 Å². The number of carbonyl (C=O) groups is 2. The minimum Gasteiger partial charge on any atom is -0.352 e. The van der Waals surface area contributed by atoms with E-state index in [0.29, 0.717) is 30.9 Å². The van der Waals surface area contributed by atoms with E-state index in [4.69, 9.17) is 5.21 Å². The van der Waals surface area contributed by atoms with E-state index < -0.39 is 0 Å². The van der Waals surface area contributed by atoms with Gasteiger partial charge in [0.1, 0.15) is 0 Å². The van der Waals surface area contributed by atoms with E-state index in [0.717, 1.165) is 12.8 Å². The third kappa shape index (κ3) is 6.40. The van der Waals surface area contributed by atoms with E-state index in [1.165, 1.54) is 5.56 Å². The van der Waals surface area contributed by atoms with Crippen LogP contribution < -0.4 is 10.8 Å². The van der Waals surface area contributed by atoms with Gasteiger partial charge in [-0.15, -0.1) is 0 Å². The minimum atomic E-state index is -0.371. The molecule has 0 fully saturated rings.